The van der Waals surface area contributed by atoms with Gasteiger partial charge in [-0.1, -0.05) is 37.6 Å². The van der Waals surface area contributed by atoms with Crippen molar-refractivity contribution in [3.8, 4) is 0 Å². The van der Waals surface area contributed by atoms with Crippen molar-refractivity contribution >= 4 is 11.6 Å². The van der Waals surface area contributed by atoms with Gasteiger partial charge in [0.05, 0.1) is 17.2 Å². The molecule has 1 aromatic carbocycles. The number of likely N-dealkylation sites (tertiary alicyclic amines) is 1. The summed E-state index contributed by atoms with van der Waals surface area (Å²) in [4.78, 5) is 2.19. The summed E-state index contributed by atoms with van der Waals surface area (Å²) >= 11 is 6.03. The van der Waals surface area contributed by atoms with Crippen LogP contribution in [-0.4, -0.2) is 29.2 Å². The van der Waals surface area contributed by atoms with Crippen LogP contribution in [0.15, 0.2) is 18.2 Å². The molecule has 0 aromatic heterocycles. The molecule has 0 saturated carbocycles. The minimum absolute atomic E-state index is 0.136. The summed E-state index contributed by atoms with van der Waals surface area (Å²) in [7, 11) is 0. The third-order valence-corrected chi connectivity index (χ3v) is 3.77. The second-order valence-corrected chi connectivity index (χ2v) is 5.71. The molecular formula is C14H19ClFNO. The van der Waals surface area contributed by atoms with Crippen LogP contribution in [-0.2, 0) is 0 Å². The van der Waals surface area contributed by atoms with E-state index in [9.17, 15) is 9.50 Å². The zero-order chi connectivity index (χ0) is 13.3. The van der Waals surface area contributed by atoms with Crippen LogP contribution in [0.3, 0.4) is 0 Å². The zero-order valence-electron chi connectivity index (χ0n) is 10.7. The number of aliphatic hydroxyl groups excluding tert-OH is 1. The first-order valence-electron chi connectivity index (χ1n) is 6.36. The standard InChI is InChI=1S/C14H19ClFNO/c1-9(2)8-17-7-6-12(18)14(17)10-4-3-5-11(16)13(10)15/h3-5,9,12,14,18H,6-8H2,1-2H3. The molecule has 100 valence electrons. The van der Waals surface area contributed by atoms with Crippen LogP contribution in [0.4, 0.5) is 4.39 Å². The smallest absolute Gasteiger partial charge is 0.142 e. The van der Waals surface area contributed by atoms with Gasteiger partial charge in [-0.2, -0.15) is 0 Å². The van der Waals surface area contributed by atoms with E-state index in [-0.39, 0.29) is 11.1 Å². The van der Waals surface area contributed by atoms with Gasteiger partial charge < -0.3 is 5.11 Å². The highest BCUT2D eigenvalue weighted by Crippen LogP contribution is 2.37. The van der Waals surface area contributed by atoms with E-state index >= 15 is 0 Å². The quantitative estimate of drug-likeness (QED) is 0.912. The van der Waals surface area contributed by atoms with E-state index in [4.69, 9.17) is 11.6 Å². The van der Waals surface area contributed by atoms with Gasteiger partial charge in [0.2, 0.25) is 0 Å². The molecule has 1 saturated heterocycles. The summed E-state index contributed by atoms with van der Waals surface area (Å²) in [5.74, 6) is 0.0860. The maximum absolute atomic E-state index is 13.5. The van der Waals surface area contributed by atoms with Gasteiger partial charge in [0.25, 0.3) is 0 Å². The first kappa shape index (κ1) is 13.8. The van der Waals surface area contributed by atoms with Gasteiger partial charge in [0.1, 0.15) is 5.82 Å². The van der Waals surface area contributed by atoms with Gasteiger partial charge in [0, 0.05) is 13.1 Å². The summed E-state index contributed by atoms with van der Waals surface area (Å²) in [6.07, 6.45) is 0.243. The molecule has 2 nitrogen and oxygen atoms in total. The van der Waals surface area contributed by atoms with E-state index in [0.717, 1.165) is 13.1 Å². The normalized spacial score (nSPS) is 25.0. The predicted molar refractivity (Wildman–Crippen MR) is 71.2 cm³/mol. The van der Waals surface area contributed by atoms with E-state index in [0.29, 0.717) is 17.9 Å². The Balaban J connectivity index is 2.31. The fourth-order valence-electron chi connectivity index (χ4n) is 2.67. The molecule has 1 aliphatic rings. The van der Waals surface area contributed by atoms with Crippen molar-refractivity contribution in [3.63, 3.8) is 0 Å². The van der Waals surface area contributed by atoms with Crippen molar-refractivity contribution < 1.29 is 9.50 Å². The first-order chi connectivity index (χ1) is 8.50. The Bertz CT molecular complexity index is 424. The first-order valence-corrected chi connectivity index (χ1v) is 6.74. The molecule has 2 unspecified atom stereocenters. The van der Waals surface area contributed by atoms with Crippen LogP contribution in [0.2, 0.25) is 5.02 Å². The molecule has 1 heterocycles. The van der Waals surface area contributed by atoms with Gasteiger partial charge >= 0.3 is 0 Å². The number of halogens is 2. The summed E-state index contributed by atoms with van der Waals surface area (Å²) in [6, 6.07) is 4.61. The van der Waals surface area contributed by atoms with Crippen molar-refractivity contribution in [1.82, 2.24) is 4.90 Å². The molecule has 1 N–H and O–H groups in total. The number of hydrogen-bond donors (Lipinski definition) is 1. The van der Waals surface area contributed by atoms with E-state index in [1.54, 1.807) is 12.1 Å². The molecule has 2 atom stereocenters. The molecular weight excluding hydrogens is 253 g/mol. The molecule has 0 bridgehead atoms. The lowest BCUT2D eigenvalue weighted by Gasteiger charge is -2.28. The number of rotatable bonds is 3. The van der Waals surface area contributed by atoms with Gasteiger partial charge in [-0.15, -0.1) is 0 Å². The minimum Gasteiger partial charge on any atom is -0.391 e. The summed E-state index contributed by atoms with van der Waals surface area (Å²) < 4.78 is 13.5. The Morgan fingerprint density at radius 2 is 2.22 bits per heavy atom. The lowest BCUT2D eigenvalue weighted by atomic mass is 10.0. The maximum Gasteiger partial charge on any atom is 0.142 e. The average molecular weight is 272 g/mol. The lowest BCUT2D eigenvalue weighted by Crippen LogP contribution is -2.31. The van der Waals surface area contributed by atoms with Crippen LogP contribution in [0.5, 0.6) is 0 Å². The fraction of sp³-hybridized carbons (Fsp3) is 0.571. The lowest BCUT2D eigenvalue weighted by molar-refractivity contribution is 0.110. The molecule has 0 aliphatic carbocycles. The van der Waals surface area contributed by atoms with Crippen molar-refractivity contribution in [3.05, 3.63) is 34.6 Å². The highest BCUT2D eigenvalue weighted by Gasteiger charge is 2.35. The molecule has 2 rings (SSSR count). The zero-order valence-corrected chi connectivity index (χ0v) is 11.5. The van der Waals surface area contributed by atoms with Crippen LogP contribution in [0.1, 0.15) is 31.9 Å². The monoisotopic (exact) mass is 271 g/mol. The summed E-state index contributed by atoms with van der Waals surface area (Å²) in [5.41, 5.74) is 0.697. The van der Waals surface area contributed by atoms with Crippen LogP contribution >= 0.6 is 11.6 Å². The second-order valence-electron chi connectivity index (χ2n) is 5.33. The van der Waals surface area contributed by atoms with Crippen LogP contribution in [0.25, 0.3) is 0 Å². The van der Waals surface area contributed by atoms with Gasteiger partial charge in [-0.3, -0.25) is 4.90 Å². The Hall–Kier alpha value is -0.640. The van der Waals surface area contributed by atoms with Crippen molar-refractivity contribution in [2.24, 2.45) is 5.92 Å². The van der Waals surface area contributed by atoms with E-state index in [1.165, 1.54) is 6.07 Å². The molecule has 0 amide bonds. The van der Waals surface area contributed by atoms with Gasteiger partial charge in [-0.05, 0) is 24.0 Å². The highest BCUT2D eigenvalue weighted by atomic mass is 35.5. The molecule has 1 aromatic rings. The largest absolute Gasteiger partial charge is 0.391 e. The molecule has 4 heteroatoms. The Labute approximate surface area is 112 Å². The van der Waals surface area contributed by atoms with Gasteiger partial charge in [-0.25, -0.2) is 4.39 Å². The molecule has 18 heavy (non-hydrogen) atoms. The third-order valence-electron chi connectivity index (χ3n) is 3.37. The van der Waals surface area contributed by atoms with Crippen molar-refractivity contribution in [2.45, 2.75) is 32.4 Å². The van der Waals surface area contributed by atoms with Crippen LogP contribution < -0.4 is 0 Å². The Kier molecular flexibility index (Phi) is 4.25. The summed E-state index contributed by atoms with van der Waals surface area (Å²) in [5, 5.41) is 10.3. The van der Waals surface area contributed by atoms with Crippen molar-refractivity contribution in [2.75, 3.05) is 13.1 Å². The molecule has 1 aliphatic heterocycles. The Morgan fingerprint density at radius 1 is 1.50 bits per heavy atom. The molecule has 1 fully saturated rings. The average Bonchev–Trinajstić information content (AvgIpc) is 2.63. The number of benzene rings is 1. The topological polar surface area (TPSA) is 23.5 Å². The Morgan fingerprint density at radius 3 is 2.89 bits per heavy atom. The second kappa shape index (κ2) is 5.55. The van der Waals surface area contributed by atoms with Gasteiger partial charge in [0.15, 0.2) is 0 Å². The fourth-order valence-corrected chi connectivity index (χ4v) is 2.90. The van der Waals surface area contributed by atoms with E-state index in [1.807, 2.05) is 0 Å². The summed E-state index contributed by atoms with van der Waals surface area (Å²) in [6.45, 7) is 5.98. The maximum atomic E-state index is 13.5. The third kappa shape index (κ3) is 2.68. The molecule has 0 radical (unpaired) electrons. The number of hydrogen-bond acceptors (Lipinski definition) is 2. The minimum atomic E-state index is -0.469. The van der Waals surface area contributed by atoms with Crippen molar-refractivity contribution in [1.29, 1.82) is 0 Å². The highest BCUT2D eigenvalue weighted by molar-refractivity contribution is 6.31. The van der Waals surface area contributed by atoms with Crippen LogP contribution in [0, 0.1) is 11.7 Å². The SMILES string of the molecule is CC(C)CN1CCC(O)C1c1cccc(F)c1Cl. The number of nitrogens with zero attached hydrogens (tertiary/aromatic N) is 1. The van der Waals surface area contributed by atoms with E-state index < -0.39 is 11.9 Å². The van der Waals surface area contributed by atoms with E-state index in [2.05, 4.69) is 18.7 Å². The predicted octanol–water partition coefficient (Wildman–Crippen LogP) is 3.24. The molecule has 0 spiro atoms. The number of aliphatic hydroxyl groups is 1.